The van der Waals surface area contributed by atoms with Gasteiger partial charge < -0.3 is 15.0 Å². The first-order valence-electron chi connectivity index (χ1n) is 7.49. The SMILES string of the molecule is CCC1C(=O)NC2(CCCC2)C(=O)N1CCOCC(F)F. The molecule has 1 aliphatic carbocycles. The van der Waals surface area contributed by atoms with Crippen LogP contribution in [0.2, 0.25) is 0 Å². The molecule has 1 heterocycles. The van der Waals surface area contributed by atoms with Gasteiger partial charge in [0, 0.05) is 6.54 Å². The molecule has 0 bridgehead atoms. The van der Waals surface area contributed by atoms with Crippen molar-refractivity contribution in [2.75, 3.05) is 19.8 Å². The summed E-state index contributed by atoms with van der Waals surface area (Å²) in [4.78, 5) is 26.4. The number of hydrogen-bond donors (Lipinski definition) is 1. The molecule has 1 saturated carbocycles. The number of nitrogens with zero attached hydrogens (tertiary/aromatic N) is 1. The molecule has 1 N–H and O–H groups in total. The molecule has 0 aromatic rings. The Kier molecular flexibility index (Phi) is 5.13. The fourth-order valence-corrected chi connectivity index (χ4v) is 3.25. The highest BCUT2D eigenvalue weighted by Gasteiger charge is 2.51. The van der Waals surface area contributed by atoms with Crippen molar-refractivity contribution >= 4 is 11.8 Å². The van der Waals surface area contributed by atoms with Gasteiger partial charge >= 0.3 is 0 Å². The van der Waals surface area contributed by atoms with Gasteiger partial charge in [0.25, 0.3) is 6.43 Å². The molecule has 1 unspecified atom stereocenters. The normalized spacial score (nSPS) is 25.0. The van der Waals surface area contributed by atoms with E-state index in [2.05, 4.69) is 5.32 Å². The van der Waals surface area contributed by atoms with Crippen molar-refractivity contribution < 1.29 is 23.1 Å². The molecule has 1 atom stereocenters. The van der Waals surface area contributed by atoms with E-state index in [1.807, 2.05) is 6.92 Å². The predicted molar refractivity (Wildman–Crippen MR) is 72.0 cm³/mol. The molecule has 1 saturated heterocycles. The van der Waals surface area contributed by atoms with Crippen LogP contribution in [0.25, 0.3) is 0 Å². The summed E-state index contributed by atoms with van der Waals surface area (Å²) < 4.78 is 29.0. The summed E-state index contributed by atoms with van der Waals surface area (Å²) in [6, 6.07) is -0.529. The van der Waals surface area contributed by atoms with E-state index in [1.54, 1.807) is 0 Å². The number of amides is 2. The molecule has 120 valence electrons. The molecule has 21 heavy (non-hydrogen) atoms. The van der Waals surface area contributed by atoms with Crippen molar-refractivity contribution in [2.45, 2.75) is 57.0 Å². The second-order valence-corrected chi connectivity index (χ2v) is 5.67. The molecule has 0 aromatic heterocycles. The minimum Gasteiger partial charge on any atom is -0.374 e. The highest BCUT2D eigenvalue weighted by molar-refractivity contribution is 6.00. The van der Waals surface area contributed by atoms with Crippen LogP contribution in [0.3, 0.4) is 0 Å². The van der Waals surface area contributed by atoms with E-state index in [0.717, 1.165) is 12.8 Å². The van der Waals surface area contributed by atoms with Gasteiger partial charge in [0.05, 0.1) is 6.61 Å². The molecule has 1 aliphatic heterocycles. The average Bonchev–Trinajstić information content (AvgIpc) is 2.89. The van der Waals surface area contributed by atoms with Crippen LogP contribution in [0.1, 0.15) is 39.0 Å². The highest BCUT2D eigenvalue weighted by Crippen LogP contribution is 2.35. The Bertz CT molecular complexity index is 398. The number of piperazine rings is 1. The van der Waals surface area contributed by atoms with Crippen LogP contribution in [-0.4, -0.2) is 54.5 Å². The monoisotopic (exact) mass is 304 g/mol. The van der Waals surface area contributed by atoms with Crippen molar-refractivity contribution in [3.05, 3.63) is 0 Å². The molecule has 5 nitrogen and oxygen atoms in total. The average molecular weight is 304 g/mol. The third-order valence-corrected chi connectivity index (χ3v) is 4.28. The van der Waals surface area contributed by atoms with Gasteiger partial charge in [-0.15, -0.1) is 0 Å². The Morgan fingerprint density at radius 1 is 1.38 bits per heavy atom. The Morgan fingerprint density at radius 3 is 2.62 bits per heavy atom. The van der Waals surface area contributed by atoms with Crippen molar-refractivity contribution in [2.24, 2.45) is 0 Å². The fourth-order valence-electron chi connectivity index (χ4n) is 3.25. The summed E-state index contributed by atoms with van der Waals surface area (Å²) in [5.41, 5.74) is -0.772. The molecule has 2 fully saturated rings. The molecule has 0 radical (unpaired) electrons. The first-order valence-corrected chi connectivity index (χ1v) is 7.49. The predicted octanol–water partition coefficient (Wildman–Crippen LogP) is 1.32. The summed E-state index contributed by atoms with van der Waals surface area (Å²) in [5, 5.41) is 2.89. The zero-order chi connectivity index (χ0) is 15.5. The van der Waals surface area contributed by atoms with Crippen molar-refractivity contribution in [3.63, 3.8) is 0 Å². The van der Waals surface area contributed by atoms with E-state index < -0.39 is 24.6 Å². The Morgan fingerprint density at radius 2 is 2.05 bits per heavy atom. The zero-order valence-electron chi connectivity index (χ0n) is 12.2. The summed E-state index contributed by atoms with van der Waals surface area (Å²) in [6.45, 7) is 1.39. The lowest BCUT2D eigenvalue weighted by atomic mass is 9.90. The largest absolute Gasteiger partial charge is 0.374 e. The van der Waals surface area contributed by atoms with Gasteiger partial charge in [0.2, 0.25) is 11.8 Å². The molecule has 2 amide bonds. The molecule has 0 aromatic carbocycles. The second kappa shape index (κ2) is 6.68. The minimum atomic E-state index is -2.52. The summed E-state index contributed by atoms with van der Waals surface area (Å²) in [6.07, 6.45) is 1.12. The van der Waals surface area contributed by atoms with Gasteiger partial charge in [-0.05, 0) is 19.3 Å². The summed E-state index contributed by atoms with van der Waals surface area (Å²) >= 11 is 0. The van der Waals surface area contributed by atoms with E-state index in [0.29, 0.717) is 19.3 Å². The lowest BCUT2D eigenvalue weighted by molar-refractivity contribution is -0.156. The Hall–Kier alpha value is -1.24. The van der Waals surface area contributed by atoms with Crippen LogP contribution >= 0.6 is 0 Å². The Balaban J connectivity index is 2.03. The van der Waals surface area contributed by atoms with Crippen LogP contribution in [0.5, 0.6) is 0 Å². The maximum absolute atomic E-state index is 12.7. The maximum Gasteiger partial charge on any atom is 0.261 e. The smallest absolute Gasteiger partial charge is 0.261 e. The van der Waals surface area contributed by atoms with Crippen molar-refractivity contribution in [1.82, 2.24) is 10.2 Å². The number of carbonyl (C=O) groups is 2. The first-order chi connectivity index (χ1) is 10.00. The van der Waals surface area contributed by atoms with Crippen LogP contribution in [0.15, 0.2) is 0 Å². The lowest BCUT2D eigenvalue weighted by Crippen LogP contribution is -2.69. The quantitative estimate of drug-likeness (QED) is 0.753. The van der Waals surface area contributed by atoms with Crippen LogP contribution < -0.4 is 5.32 Å². The molecule has 7 heteroatoms. The summed E-state index contributed by atoms with van der Waals surface area (Å²) in [7, 11) is 0. The third kappa shape index (κ3) is 3.33. The molecular weight excluding hydrogens is 282 g/mol. The van der Waals surface area contributed by atoms with E-state index in [1.165, 1.54) is 4.90 Å². The van der Waals surface area contributed by atoms with Crippen LogP contribution in [0.4, 0.5) is 8.78 Å². The number of nitrogens with one attached hydrogen (secondary N) is 1. The van der Waals surface area contributed by atoms with Gasteiger partial charge in [-0.2, -0.15) is 0 Å². The van der Waals surface area contributed by atoms with E-state index in [4.69, 9.17) is 4.74 Å². The number of ether oxygens (including phenoxy) is 1. The van der Waals surface area contributed by atoms with Crippen molar-refractivity contribution in [1.29, 1.82) is 0 Å². The maximum atomic E-state index is 12.7. The molecular formula is C14H22F2N2O3. The van der Waals surface area contributed by atoms with Gasteiger partial charge in [0.1, 0.15) is 18.2 Å². The Labute approximate surface area is 123 Å². The van der Waals surface area contributed by atoms with E-state index in [9.17, 15) is 18.4 Å². The molecule has 2 rings (SSSR count). The lowest BCUT2D eigenvalue weighted by Gasteiger charge is -2.44. The highest BCUT2D eigenvalue weighted by atomic mass is 19.3. The first kappa shape index (κ1) is 16.1. The summed E-state index contributed by atoms with van der Waals surface area (Å²) in [5.74, 6) is -0.236. The number of alkyl halides is 2. The topological polar surface area (TPSA) is 58.6 Å². The zero-order valence-corrected chi connectivity index (χ0v) is 12.2. The number of rotatable bonds is 6. The van der Waals surface area contributed by atoms with Crippen LogP contribution in [0, 0.1) is 0 Å². The molecule has 1 spiro atoms. The fraction of sp³-hybridized carbons (Fsp3) is 0.857. The third-order valence-electron chi connectivity index (χ3n) is 4.28. The minimum absolute atomic E-state index is 0.0237. The van der Waals surface area contributed by atoms with Gasteiger partial charge in [0.15, 0.2) is 0 Å². The van der Waals surface area contributed by atoms with Crippen molar-refractivity contribution in [3.8, 4) is 0 Å². The van der Waals surface area contributed by atoms with E-state index >= 15 is 0 Å². The molecule has 2 aliphatic rings. The standard InChI is InChI=1S/C14H22F2N2O3/c1-2-10-12(19)17-14(5-3-4-6-14)13(20)18(10)7-8-21-9-11(15)16/h10-11H,2-9H2,1H3,(H,17,19). The van der Waals surface area contributed by atoms with Gasteiger partial charge in [-0.3, -0.25) is 9.59 Å². The number of carbonyl (C=O) groups excluding carboxylic acids is 2. The number of halogens is 2. The van der Waals surface area contributed by atoms with E-state index in [-0.39, 0.29) is 25.0 Å². The van der Waals surface area contributed by atoms with Crippen LogP contribution in [-0.2, 0) is 14.3 Å². The number of hydrogen-bond acceptors (Lipinski definition) is 3. The van der Waals surface area contributed by atoms with Gasteiger partial charge in [-0.25, -0.2) is 8.78 Å². The van der Waals surface area contributed by atoms with Gasteiger partial charge in [-0.1, -0.05) is 19.8 Å². The second-order valence-electron chi connectivity index (χ2n) is 5.67.